The van der Waals surface area contributed by atoms with E-state index in [2.05, 4.69) is 20.4 Å². The van der Waals surface area contributed by atoms with Crippen molar-refractivity contribution in [3.05, 3.63) is 52.5 Å². The van der Waals surface area contributed by atoms with Gasteiger partial charge < -0.3 is 20.3 Å². The highest BCUT2D eigenvalue weighted by Crippen LogP contribution is 2.27. The third-order valence-corrected chi connectivity index (χ3v) is 5.60. The number of hydrogen-bond donors (Lipinski definition) is 2. The van der Waals surface area contributed by atoms with Crippen molar-refractivity contribution >= 4 is 46.4 Å². The molecule has 0 bridgehead atoms. The number of halogens is 2. The van der Waals surface area contributed by atoms with Crippen LogP contribution in [-0.4, -0.2) is 63.1 Å². The van der Waals surface area contributed by atoms with Crippen LogP contribution in [0.25, 0.3) is 0 Å². The number of anilines is 2. The molecule has 0 atom stereocenters. The molecule has 7 nitrogen and oxygen atoms in total. The zero-order valence-electron chi connectivity index (χ0n) is 17.4. The number of amides is 2. The Hall–Kier alpha value is -2.48. The predicted octanol–water partition coefficient (Wildman–Crippen LogP) is 3.27. The van der Waals surface area contributed by atoms with Gasteiger partial charge in [0.2, 0.25) is 0 Å². The van der Waals surface area contributed by atoms with Gasteiger partial charge in [0.25, 0.3) is 0 Å². The number of carbonyl (C=O) groups is 2. The molecular weight excluding hydrogens is 439 g/mol. The van der Waals surface area contributed by atoms with Crippen LogP contribution in [0.4, 0.5) is 11.4 Å². The summed E-state index contributed by atoms with van der Waals surface area (Å²) in [6.45, 7) is 5.07. The van der Waals surface area contributed by atoms with Crippen LogP contribution in [-0.2, 0) is 9.59 Å². The van der Waals surface area contributed by atoms with Gasteiger partial charge >= 0.3 is 11.8 Å². The summed E-state index contributed by atoms with van der Waals surface area (Å²) >= 11 is 11.9. The lowest BCUT2D eigenvalue weighted by molar-refractivity contribution is -0.136. The van der Waals surface area contributed by atoms with E-state index in [0.717, 1.165) is 44.2 Å². The molecule has 1 fully saturated rings. The van der Waals surface area contributed by atoms with Crippen LogP contribution < -0.4 is 20.3 Å². The van der Waals surface area contributed by atoms with E-state index in [1.165, 1.54) is 18.9 Å². The standard InChI is InChI=1S/C22H26Cl2N4O3/c1-31-20-8-5-17(24)15-19(20)26-22(30)21(29)25-9-2-10-27-11-13-28(14-12-27)18-6-3-16(23)4-7-18/h3-8,15H,2,9-14H2,1H3,(H,25,29)(H,26,30). The topological polar surface area (TPSA) is 73.9 Å². The molecule has 0 aromatic heterocycles. The maximum Gasteiger partial charge on any atom is 0.313 e. The Kier molecular flexibility index (Phi) is 8.40. The second-order valence-corrected chi connectivity index (χ2v) is 8.09. The van der Waals surface area contributed by atoms with Gasteiger partial charge in [-0.25, -0.2) is 0 Å². The summed E-state index contributed by atoms with van der Waals surface area (Å²) in [4.78, 5) is 28.9. The van der Waals surface area contributed by atoms with Crippen molar-refractivity contribution in [1.82, 2.24) is 10.2 Å². The lowest BCUT2D eigenvalue weighted by Gasteiger charge is -2.36. The lowest BCUT2D eigenvalue weighted by atomic mass is 10.2. The van der Waals surface area contributed by atoms with Crippen molar-refractivity contribution in [2.45, 2.75) is 6.42 Å². The molecule has 2 amide bonds. The normalized spacial score (nSPS) is 14.2. The summed E-state index contributed by atoms with van der Waals surface area (Å²) < 4.78 is 5.17. The van der Waals surface area contributed by atoms with Crippen LogP contribution in [0.5, 0.6) is 5.75 Å². The Morgan fingerprint density at radius 1 is 0.968 bits per heavy atom. The first kappa shape index (κ1) is 23.2. The molecule has 0 unspecified atom stereocenters. The molecule has 166 valence electrons. The number of carbonyl (C=O) groups excluding carboxylic acids is 2. The first-order valence-electron chi connectivity index (χ1n) is 10.1. The van der Waals surface area contributed by atoms with E-state index in [9.17, 15) is 9.59 Å². The van der Waals surface area contributed by atoms with Crippen LogP contribution in [0.2, 0.25) is 10.0 Å². The number of benzene rings is 2. The van der Waals surface area contributed by atoms with Crippen molar-refractivity contribution in [2.75, 3.05) is 56.6 Å². The highest BCUT2D eigenvalue weighted by atomic mass is 35.5. The Morgan fingerprint density at radius 3 is 2.32 bits per heavy atom. The van der Waals surface area contributed by atoms with Crippen molar-refractivity contribution < 1.29 is 14.3 Å². The Morgan fingerprint density at radius 2 is 1.65 bits per heavy atom. The fourth-order valence-corrected chi connectivity index (χ4v) is 3.72. The van der Waals surface area contributed by atoms with Gasteiger partial charge in [0.05, 0.1) is 12.8 Å². The van der Waals surface area contributed by atoms with Crippen LogP contribution in [0.3, 0.4) is 0 Å². The number of rotatable bonds is 7. The molecule has 9 heteroatoms. The molecule has 1 heterocycles. The summed E-state index contributed by atoms with van der Waals surface area (Å²) in [6, 6.07) is 12.7. The fourth-order valence-electron chi connectivity index (χ4n) is 3.42. The van der Waals surface area contributed by atoms with Gasteiger partial charge in [0.1, 0.15) is 5.75 Å². The van der Waals surface area contributed by atoms with Gasteiger partial charge in [-0.3, -0.25) is 14.5 Å². The van der Waals surface area contributed by atoms with E-state index < -0.39 is 11.8 Å². The number of hydrogen-bond acceptors (Lipinski definition) is 5. The monoisotopic (exact) mass is 464 g/mol. The lowest BCUT2D eigenvalue weighted by Crippen LogP contribution is -2.47. The molecule has 3 rings (SSSR count). The number of methoxy groups -OCH3 is 1. The van der Waals surface area contributed by atoms with Gasteiger partial charge in [0, 0.05) is 48.5 Å². The van der Waals surface area contributed by atoms with Crippen LogP contribution in [0.1, 0.15) is 6.42 Å². The molecule has 0 spiro atoms. The molecule has 1 aliphatic heterocycles. The largest absolute Gasteiger partial charge is 0.495 e. The number of ether oxygens (including phenoxy) is 1. The van der Waals surface area contributed by atoms with Crippen LogP contribution >= 0.6 is 23.2 Å². The molecule has 1 aliphatic rings. The second-order valence-electron chi connectivity index (χ2n) is 7.21. The second kappa shape index (κ2) is 11.2. The van der Waals surface area contributed by atoms with Crippen molar-refractivity contribution in [3.8, 4) is 5.75 Å². The SMILES string of the molecule is COc1ccc(Cl)cc1NC(=O)C(=O)NCCCN1CCN(c2ccc(Cl)cc2)CC1. The highest BCUT2D eigenvalue weighted by Gasteiger charge is 2.18. The smallest absolute Gasteiger partial charge is 0.313 e. The molecule has 0 aliphatic carbocycles. The summed E-state index contributed by atoms with van der Waals surface area (Å²) in [5.74, 6) is -1.00. The van der Waals surface area contributed by atoms with Crippen molar-refractivity contribution in [2.24, 2.45) is 0 Å². The third-order valence-electron chi connectivity index (χ3n) is 5.12. The average molecular weight is 465 g/mol. The zero-order chi connectivity index (χ0) is 22.2. The van der Waals surface area contributed by atoms with E-state index in [-0.39, 0.29) is 0 Å². The number of nitrogens with zero attached hydrogens (tertiary/aromatic N) is 2. The molecule has 2 aromatic rings. The average Bonchev–Trinajstić information content (AvgIpc) is 2.77. The molecule has 0 radical (unpaired) electrons. The van der Waals surface area contributed by atoms with E-state index in [1.807, 2.05) is 24.3 Å². The number of nitrogens with one attached hydrogen (secondary N) is 2. The van der Waals surface area contributed by atoms with E-state index in [0.29, 0.717) is 23.0 Å². The Labute approximate surface area is 192 Å². The molecular formula is C22H26Cl2N4O3. The molecule has 1 saturated heterocycles. The minimum absolute atomic E-state index is 0.355. The maximum absolute atomic E-state index is 12.1. The minimum Gasteiger partial charge on any atom is -0.495 e. The maximum atomic E-state index is 12.1. The first-order valence-corrected chi connectivity index (χ1v) is 10.9. The Balaban J connectivity index is 1.35. The summed E-state index contributed by atoms with van der Waals surface area (Å²) in [6.07, 6.45) is 0.764. The summed E-state index contributed by atoms with van der Waals surface area (Å²) in [5, 5.41) is 6.37. The quantitative estimate of drug-likeness (QED) is 0.485. The number of piperazine rings is 1. The van der Waals surface area contributed by atoms with Gasteiger partial charge in [0.15, 0.2) is 0 Å². The van der Waals surface area contributed by atoms with E-state index in [1.54, 1.807) is 12.1 Å². The Bertz CT molecular complexity index is 900. The van der Waals surface area contributed by atoms with Gasteiger partial charge in [-0.1, -0.05) is 23.2 Å². The molecule has 0 saturated carbocycles. The van der Waals surface area contributed by atoms with Crippen molar-refractivity contribution in [3.63, 3.8) is 0 Å². The summed E-state index contributed by atoms with van der Waals surface area (Å²) in [7, 11) is 1.48. The van der Waals surface area contributed by atoms with E-state index >= 15 is 0 Å². The minimum atomic E-state index is -0.753. The van der Waals surface area contributed by atoms with E-state index in [4.69, 9.17) is 27.9 Å². The predicted molar refractivity (Wildman–Crippen MR) is 124 cm³/mol. The molecule has 31 heavy (non-hydrogen) atoms. The summed E-state index contributed by atoms with van der Waals surface area (Å²) in [5.41, 5.74) is 1.53. The van der Waals surface area contributed by atoms with Gasteiger partial charge in [-0.2, -0.15) is 0 Å². The third kappa shape index (κ3) is 6.75. The highest BCUT2D eigenvalue weighted by molar-refractivity contribution is 6.40. The zero-order valence-corrected chi connectivity index (χ0v) is 18.9. The van der Waals surface area contributed by atoms with Gasteiger partial charge in [-0.05, 0) is 55.4 Å². The first-order chi connectivity index (χ1) is 15.0. The van der Waals surface area contributed by atoms with Gasteiger partial charge in [-0.15, -0.1) is 0 Å². The molecule has 2 N–H and O–H groups in total. The van der Waals surface area contributed by atoms with Crippen LogP contribution in [0, 0.1) is 0 Å². The van der Waals surface area contributed by atoms with Crippen molar-refractivity contribution in [1.29, 1.82) is 0 Å². The molecule has 2 aromatic carbocycles. The van der Waals surface area contributed by atoms with Crippen LogP contribution in [0.15, 0.2) is 42.5 Å². The fraction of sp³-hybridized carbons (Fsp3) is 0.364.